The van der Waals surface area contributed by atoms with E-state index in [9.17, 15) is 13.2 Å². The number of likely N-dealkylation sites (tertiary alicyclic amines) is 1. The highest BCUT2D eigenvalue weighted by Gasteiger charge is 2.51. The van der Waals surface area contributed by atoms with Crippen molar-refractivity contribution in [1.29, 1.82) is 0 Å². The van der Waals surface area contributed by atoms with Crippen LogP contribution in [0.1, 0.15) is 39.9 Å². The van der Waals surface area contributed by atoms with Gasteiger partial charge in [-0.1, -0.05) is 29.3 Å². The molecule has 0 aliphatic carbocycles. The molecule has 0 saturated carbocycles. The summed E-state index contributed by atoms with van der Waals surface area (Å²) in [6, 6.07) is 10.6. The third kappa shape index (κ3) is 4.00. The van der Waals surface area contributed by atoms with Crippen molar-refractivity contribution in [2.45, 2.75) is 44.2 Å². The van der Waals surface area contributed by atoms with Crippen molar-refractivity contribution in [2.75, 3.05) is 26.2 Å². The molecular weight excluding hydrogens is 436 g/mol. The van der Waals surface area contributed by atoms with Crippen LogP contribution in [0, 0.1) is 20.8 Å². The van der Waals surface area contributed by atoms with Crippen molar-refractivity contribution >= 4 is 27.5 Å². The van der Waals surface area contributed by atoms with Gasteiger partial charge in [-0.3, -0.25) is 4.79 Å². The molecule has 2 aromatic rings. The lowest BCUT2D eigenvalue weighted by Crippen LogP contribution is -2.55. The summed E-state index contributed by atoms with van der Waals surface area (Å²) in [4.78, 5) is 15.0. The number of ether oxygens (including phenoxy) is 1. The van der Waals surface area contributed by atoms with Gasteiger partial charge >= 0.3 is 0 Å². The van der Waals surface area contributed by atoms with Crippen molar-refractivity contribution in [1.82, 2.24) is 9.21 Å². The van der Waals surface area contributed by atoms with Crippen LogP contribution in [0.25, 0.3) is 0 Å². The summed E-state index contributed by atoms with van der Waals surface area (Å²) >= 11 is 5.92. The van der Waals surface area contributed by atoms with Crippen molar-refractivity contribution in [3.8, 4) is 0 Å². The summed E-state index contributed by atoms with van der Waals surface area (Å²) in [5.74, 6) is -0.0795. The smallest absolute Gasteiger partial charge is 0.253 e. The number of hydrogen-bond donors (Lipinski definition) is 0. The number of hydrogen-bond acceptors (Lipinski definition) is 4. The Kier molecular flexibility index (Phi) is 5.89. The van der Waals surface area contributed by atoms with Gasteiger partial charge in [0, 0.05) is 43.1 Å². The monoisotopic (exact) mass is 462 g/mol. The first kappa shape index (κ1) is 22.3. The molecule has 1 spiro atoms. The van der Waals surface area contributed by atoms with Crippen LogP contribution in [0.4, 0.5) is 0 Å². The summed E-state index contributed by atoms with van der Waals surface area (Å²) in [5.41, 5.74) is 2.20. The molecule has 6 nitrogen and oxygen atoms in total. The van der Waals surface area contributed by atoms with E-state index in [2.05, 4.69) is 0 Å². The Labute approximate surface area is 188 Å². The molecule has 0 aromatic heterocycles. The minimum atomic E-state index is -3.73. The zero-order valence-corrected chi connectivity index (χ0v) is 19.6. The average molecular weight is 463 g/mol. The number of piperidine rings is 1. The molecule has 0 radical (unpaired) electrons. The van der Waals surface area contributed by atoms with E-state index in [0.29, 0.717) is 54.6 Å². The third-order valence-corrected chi connectivity index (χ3v) is 8.70. The van der Waals surface area contributed by atoms with Gasteiger partial charge in [-0.05, 0) is 56.2 Å². The van der Waals surface area contributed by atoms with Crippen LogP contribution in [-0.4, -0.2) is 55.5 Å². The van der Waals surface area contributed by atoms with Crippen LogP contribution in [0.15, 0.2) is 41.3 Å². The number of sulfonamides is 1. The molecule has 0 unspecified atom stereocenters. The van der Waals surface area contributed by atoms with E-state index < -0.39 is 15.7 Å². The predicted molar refractivity (Wildman–Crippen MR) is 120 cm³/mol. The molecule has 0 bridgehead atoms. The van der Waals surface area contributed by atoms with E-state index in [0.717, 1.165) is 16.7 Å². The molecule has 31 heavy (non-hydrogen) atoms. The predicted octanol–water partition coefficient (Wildman–Crippen LogP) is 3.92. The van der Waals surface area contributed by atoms with E-state index in [4.69, 9.17) is 16.3 Å². The zero-order chi connectivity index (χ0) is 22.4. The van der Waals surface area contributed by atoms with Crippen molar-refractivity contribution in [2.24, 2.45) is 0 Å². The Morgan fingerprint density at radius 3 is 2.16 bits per heavy atom. The van der Waals surface area contributed by atoms with Crippen molar-refractivity contribution in [3.05, 3.63) is 63.7 Å². The second-order valence-electron chi connectivity index (χ2n) is 8.40. The Hall–Kier alpha value is -1.93. The number of amides is 1. The van der Waals surface area contributed by atoms with Gasteiger partial charge < -0.3 is 9.64 Å². The number of rotatable bonds is 3. The maximum atomic E-state index is 13.7. The molecule has 1 amide bonds. The lowest BCUT2D eigenvalue weighted by Gasteiger charge is -2.43. The molecule has 166 valence electrons. The Balaban J connectivity index is 1.57. The topological polar surface area (TPSA) is 66.9 Å². The van der Waals surface area contributed by atoms with E-state index in [1.807, 2.05) is 32.9 Å². The molecule has 0 N–H and O–H groups in total. The quantitative estimate of drug-likeness (QED) is 0.693. The molecule has 2 fully saturated rings. The fraction of sp³-hybridized carbons (Fsp3) is 0.435. The molecule has 2 aliphatic rings. The molecule has 2 aliphatic heterocycles. The van der Waals surface area contributed by atoms with Crippen LogP contribution >= 0.6 is 11.6 Å². The highest BCUT2D eigenvalue weighted by Crippen LogP contribution is 2.40. The van der Waals surface area contributed by atoms with Gasteiger partial charge in [0.2, 0.25) is 10.0 Å². The van der Waals surface area contributed by atoms with Gasteiger partial charge in [-0.15, -0.1) is 0 Å². The Morgan fingerprint density at radius 2 is 1.58 bits per heavy atom. The number of carbonyl (C=O) groups is 1. The van der Waals surface area contributed by atoms with Crippen LogP contribution in [0.3, 0.4) is 0 Å². The molecule has 2 saturated heterocycles. The maximum absolute atomic E-state index is 13.7. The molecule has 8 heteroatoms. The first-order valence-corrected chi connectivity index (χ1v) is 12.3. The number of nitrogens with zero attached hydrogens (tertiary/aromatic N) is 2. The molecule has 0 atom stereocenters. The Bertz CT molecular complexity index is 1080. The van der Waals surface area contributed by atoms with Crippen molar-refractivity contribution in [3.63, 3.8) is 0 Å². The minimum absolute atomic E-state index is 0.0795. The van der Waals surface area contributed by atoms with Crippen LogP contribution in [0.2, 0.25) is 5.02 Å². The molecule has 2 heterocycles. The number of halogens is 1. The van der Waals surface area contributed by atoms with Crippen LogP contribution in [0.5, 0.6) is 0 Å². The minimum Gasteiger partial charge on any atom is -0.358 e. The fourth-order valence-corrected chi connectivity index (χ4v) is 7.11. The molecular formula is C23H27ClN2O4S. The molecule has 2 aromatic carbocycles. The number of benzene rings is 2. The van der Waals surface area contributed by atoms with E-state index in [1.54, 1.807) is 29.2 Å². The van der Waals surface area contributed by atoms with Gasteiger partial charge in [-0.2, -0.15) is 4.31 Å². The first-order valence-electron chi connectivity index (χ1n) is 10.4. The summed E-state index contributed by atoms with van der Waals surface area (Å²) in [5, 5.41) is 0.580. The van der Waals surface area contributed by atoms with E-state index >= 15 is 0 Å². The number of aryl methyl sites for hydroxylation is 3. The maximum Gasteiger partial charge on any atom is 0.253 e. The highest BCUT2D eigenvalue weighted by atomic mass is 35.5. The van der Waals surface area contributed by atoms with Gasteiger partial charge in [0.25, 0.3) is 5.91 Å². The lowest BCUT2D eigenvalue weighted by atomic mass is 10.00. The third-order valence-electron chi connectivity index (χ3n) is 6.20. The average Bonchev–Trinajstić information content (AvgIpc) is 3.11. The van der Waals surface area contributed by atoms with Gasteiger partial charge in [-0.25, -0.2) is 8.42 Å². The first-order chi connectivity index (χ1) is 14.6. The zero-order valence-electron chi connectivity index (χ0n) is 18.0. The van der Waals surface area contributed by atoms with E-state index in [1.165, 1.54) is 4.31 Å². The summed E-state index contributed by atoms with van der Waals surface area (Å²) in [7, 11) is -3.73. The number of carbonyl (C=O) groups excluding carboxylic acids is 1. The SMILES string of the molecule is Cc1cc(C)c(S(=O)(=O)N2CCOC23CCN(C(=O)c2ccc(Cl)cc2)CC3)c(C)c1. The summed E-state index contributed by atoms with van der Waals surface area (Å²) in [6.45, 7) is 7.17. The molecule has 4 rings (SSSR count). The standard InChI is InChI=1S/C23H27ClN2O4S/c1-16-14-17(2)21(18(3)15-16)31(28,29)26-12-13-30-23(26)8-10-25(11-9-23)22(27)19-4-6-20(24)7-5-19/h4-7,14-15H,8-13H2,1-3H3. The van der Waals surface area contributed by atoms with Crippen LogP contribution < -0.4 is 0 Å². The fourth-order valence-electron chi connectivity index (χ4n) is 4.85. The largest absolute Gasteiger partial charge is 0.358 e. The van der Waals surface area contributed by atoms with Gasteiger partial charge in [0.05, 0.1) is 11.5 Å². The summed E-state index contributed by atoms with van der Waals surface area (Å²) < 4.78 is 34.9. The van der Waals surface area contributed by atoms with Crippen molar-refractivity contribution < 1.29 is 17.9 Å². The van der Waals surface area contributed by atoms with Gasteiger partial charge in [0.1, 0.15) is 5.72 Å². The second kappa shape index (κ2) is 8.20. The Morgan fingerprint density at radius 1 is 1.00 bits per heavy atom. The summed E-state index contributed by atoms with van der Waals surface area (Å²) in [6.07, 6.45) is 0.880. The normalized spacial score (nSPS) is 19.2. The van der Waals surface area contributed by atoms with Crippen LogP contribution in [-0.2, 0) is 14.8 Å². The highest BCUT2D eigenvalue weighted by molar-refractivity contribution is 7.89. The van der Waals surface area contributed by atoms with E-state index in [-0.39, 0.29) is 5.91 Å². The second-order valence-corrected chi connectivity index (χ2v) is 10.6. The lowest BCUT2D eigenvalue weighted by molar-refractivity contribution is -0.0857. The van der Waals surface area contributed by atoms with Gasteiger partial charge in [0.15, 0.2) is 0 Å².